The first-order valence-corrected chi connectivity index (χ1v) is 6.76. The van der Waals surface area contributed by atoms with E-state index in [1.54, 1.807) is 11.0 Å². The molecule has 2 N–H and O–H groups in total. The maximum absolute atomic E-state index is 14.1. The summed E-state index contributed by atoms with van der Waals surface area (Å²) in [7, 11) is 3.72. The Morgan fingerprint density at radius 2 is 1.89 bits per heavy atom. The second kappa shape index (κ2) is 5.27. The molecular weight excluding hydrogens is 227 g/mol. The van der Waals surface area contributed by atoms with E-state index in [0.29, 0.717) is 12.2 Å². The molecule has 2 nitrogen and oxygen atoms in total. The predicted molar refractivity (Wildman–Crippen MR) is 74.5 cm³/mol. The maximum atomic E-state index is 14.1. The van der Waals surface area contributed by atoms with Crippen LogP contribution in [0, 0.1) is 5.82 Å². The third kappa shape index (κ3) is 2.37. The lowest BCUT2D eigenvalue weighted by Gasteiger charge is -2.37. The lowest BCUT2D eigenvalue weighted by molar-refractivity contribution is 0.300. The van der Waals surface area contributed by atoms with Crippen LogP contribution in [0.15, 0.2) is 18.2 Å². The van der Waals surface area contributed by atoms with E-state index < -0.39 is 0 Å². The number of rotatable bonds is 3. The molecule has 2 rings (SSSR count). The highest BCUT2D eigenvalue weighted by atomic mass is 19.1. The highest BCUT2D eigenvalue weighted by Crippen LogP contribution is 2.39. The molecule has 100 valence electrons. The van der Waals surface area contributed by atoms with Crippen molar-refractivity contribution >= 4 is 5.69 Å². The molecule has 0 radical (unpaired) electrons. The Labute approximate surface area is 109 Å². The minimum Gasteiger partial charge on any atom is -0.375 e. The van der Waals surface area contributed by atoms with Crippen LogP contribution in [-0.2, 0) is 5.41 Å². The summed E-state index contributed by atoms with van der Waals surface area (Å²) in [5, 5.41) is 0. The van der Waals surface area contributed by atoms with Crippen LogP contribution in [0.2, 0.25) is 0 Å². The maximum Gasteiger partial charge on any atom is 0.146 e. The van der Waals surface area contributed by atoms with Crippen molar-refractivity contribution < 1.29 is 4.39 Å². The van der Waals surface area contributed by atoms with Gasteiger partial charge in [-0.15, -0.1) is 0 Å². The molecule has 18 heavy (non-hydrogen) atoms. The smallest absolute Gasteiger partial charge is 0.146 e. The fraction of sp³-hybridized carbons (Fsp3) is 0.600. The Bertz CT molecular complexity index is 409. The summed E-state index contributed by atoms with van der Waals surface area (Å²) in [6, 6.07) is 5.61. The van der Waals surface area contributed by atoms with Crippen LogP contribution in [0.3, 0.4) is 0 Å². The topological polar surface area (TPSA) is 29.3 Å². The van der Waals surface area contributed by atoms with E-state index in [0.717, 1.165) is 18.4 Å². The van der Waals surface area contributed by atoms with Crippen LogP contribution < -0.4 is 10.6 Å². The number of nitrogens with zero attached hydrogens (tertiary/aromatic N) is 1. The van der Waals surface area contributed by atoms with Crippen molar-refractivity contribution in [2.75, 3.05) is 25.5 Å². The molecule has 1 aromatic rings. The molecule has 0 unspecified atom stereocenters. The van der Waals surface area contributed by atoms with Gasteiger partial charge in [0.1, 0.15) is 5.82 Å². The van der Waals surface area contributed by atoms with Crippen LogP contribution in [0.1, 0.15) is 37.7 Å². The van der Waals surface area contributed by atoms with Crippen molar-refractivity contribution in [2.45, 2.75) is 37.5 Å². The highest BCUT2D eigenvalue weighted by molar-refractivity contribution is 5.49. The molecule has 0 saturated heterocycles. The monoisotopic (exact) mass is 250 g/mol. The number of benzene rings is 1. The van der Waals surface area contributed by atoms with Gasteiger partial charge in [-0.2, -0.15) is 0 Å². The average Bonchev–Trinajstić information content (AvgIpc) is 2.39. The van der Waals surface area contributed by atoms with Gasteiger partial charge in [0.2, 0.25) is 0 Å². The molecule has 1 aliphatic carbocycles. The van der Waals surface area contributed by atoms with Gasteiger partial charge in [0.25, 0.3) is 0 Å². The average molecular weight is 250 g/mol. The molecule has 0 heterocycles. The van der Waals surface area contributed by atoms with Gasteiger partial charge in [-0.25, -0.2) is 4.39 Å². The minimum atomic E-state index is -0.143. The summed E-state index contributed by atoms with van der Waals surface area (Å²) in [6.07, 6.45) is 5.86. The summed E-state index contributed by atoms with van der Waals surface area (Å²) >= 11 is 0. The normalized spacial score (nSPS) is 18.7. The molecule has 3 heteroatoms. The Balaban J connectivity index is 2.34. The molecule has 0 spiro atoms. The van der Waals surface area contributed by atoms with Gasteiger partial charge in [-0.1, -0.05) is 25.3 Å². The van der Waals surface area contributed by atoms with Gasteiger partial charge < -0.3 is 10.6 Å². The molecule has 1 aliphatic rings. The van der Waals surface area contributed by atoms with Gasteiger partial charge >= 0.3 is 0 Å². The van der Waals surface area contributed by atoms with Gasteiger partial charge in [-0.3, -0.25) is 0 Å². The lowest BCUT2D eigenvalue weighted by atomic mass is 9.69. The van der Waals surface area contributed by atoms with Crippen molar-refractivity contribution in [1.82, 2.24) is 0 Å². The summed E-state index contributed by atoms with van der Waals surface area (Å²) in [5.74, 6) is -0.143. The summed E-state index contributed by atoms with van der Waals surface area (Å²) in [6.45, 7) is 0.619. The van der Waals surface area contributed by atoms with E-state index in [4.69, 9.17) is 5.73 Å². The van der Waals surface area contributed by atoms with Crippen molar-refractivity contribution in [2.24, 2.45) is 5.73 Å². The zero-order valence-electron chi connectivity index (χ0n) is 11.4. The molecule has 1 saturated carbocycles. The quantitative estimate of drug-likeness (QED) is 0.893. The molecule has 0 bridgehead atoms. The van der Waals surface area contributed by atoms with Gasteiger partial charge in [-0.05, 0) is 30.5 Å². The Morgan fingerprint density at radius 1 is 1.22 bits per heavy atom. The number of anilines is 1. The molecule has 0 amide bonds. The molecule has 0 aromatic heterocycles. The second-order valence-electron chi connectivity index (χ2n) is 5.61. The number of halogens is 1. The standard InChI is InChI=1S/C15H23FN2/c1-18(2)14-7-6-12(10-13(14)16)15(11-17)8-4-3-5-9-15/h6-7,10H,3-5,8-9,11,17H2,1-2H3. The van der Waals surface area contributed by atoms with Crippen molar-refractivity contribution in [1.29, 1.82) is 0 Å². The van der Waals surface area contributed by atoms with E-state index in [-0.39, 0.29) is 11.2 Å². The first-order valence-electron chi connectivity index (χ1n) is 6.76. The number of nitrogens with two attached hydrogens (primary N) is 1. The largest absolute Gasteiger partial charge is 0.375 e. The van der Waals surface area contributed by atoms with Crippen molar-refractivity contribution in [3.8, 4) is 0 Å². The van der Waals surface area contributed by atoms with Gasteiger partial charge in [0, 0.05) is 26.1 Å². The molecule has 0 atom stereocenters. The van der Waals surface area contributed by atoms with E-state index in [9.17, 15) is 4.39 Å². The summed E-state index contributed by atoms with van der Waals surface area (Å²) < 4.78 is 14.1. The Kier molecular flexibility index (Phi) is 3.91. The fourth-order valence-electron chi connectivity index (χ4n) is 3.04. The van der Waals surface area contributed by atoms with E-state index in [2.05, 4.69) is 6.07 Å². The van der Waals surface area contributed by atoms with Gasteiger partial charge in [0.05, 0.1) is 5.69 Å². The van der Waals surface area contributed by atoms with Crippen molar-refractivity contribution in [3.63, 3.8) is 0 Å². The molecular formula is C15H23FN2. The van der Waals surface area contributed by atoms with Crippen molar-refractivity contribution in [3.05, 3.63) is 29.6 Å². The second-order valence-corrected chi connectivity index (χ2v) is 5.61. The van der Waals surface area contributed by atoms with Gasteiger partial charge in [0.15, 0.2) is 0 Å². The Hall–Kier alpha value is -1.09. The van der Waals surface area contributed by atoms with Crippen LogP contribution in [0.25, 0.3) is 0 Å². The zero-order valence-corrected chi connectivity index (χ0v) is 11.4. The zero-order chi connectivity index (χ0) is 13.2. The minimum absolute atomic E-state index is 0.00390. The Morgan fingerprint density at radius 3 is 2.39 bits per heavy atom. The lowest BCUT2D eigenvalue weighted by Crippen LogP contribution is -2.37. The SMILES string of the molecule is CN(C)c1ccc(C2(CN)CCCCC2)cc1F. The first kappa shape index (κ1) is 13.3. The fourth-order valence-corrected chi connectivity index (χ4v) is 3.04. The summed E-state index contributed by atoms with van der Waals surface area (Å²) in [5.41, 5.74) is 7.71. The predicted octanol–water partition coefficient (Wildman–Crippen LogP) is 3.05. The number of hydrogen-bond acceptors (Lipinski definition) is 2. The highest BCUT2D eigenvalue weighted by Gasteiger charge is 2.32. The van der Waals surface area contributed by atoms with Crippen LogP contribution in [-0.4, -0.2) is 20.6 Å². The summed E-state index contributed by atoms with van der Waals surface area (Å²) in [4.78, 5) is 1.80. The van der Waals surface area contributed by atoms with Crippen LogP contribution in [0.5, 0.6) is 0 Å². The number of hydrogen-bond donors (Lipinski definition) is 1. The van der Waals surface area contributed by atoms with Crippen LogP contribution in [0.4, 0.5) is 10.1 Å². The third-order valence-corrected chi connectivity index (χ3v) is 4.24. The van der Waals surface area contributed by atoms with E-state index >= 15 is 0 Å². The van der Waals surface area contributed by atoms with E-state index in [1.165, 1.54) is 19.3 Å². The van der Waals surface area contributed by atoms with E-state index in [1.807, 2.05) is 20.2 Å². The third-order valence-electron chi connectivity index (χ3n) is 4.24. The molecule has 1 aromatic carbocycles. The molecule has 0 aliphatic heterocycles. The van der Waals surface area contributed by atoms with Crippen LogP contribution >= 0.6 is 0 Å². The first-order chi connectivity index (χ1) is 8.59. The molecule has 1 fully saturated rings.